The third kappa shape index (κ3) is 4.10. The quantitative estimate of drug-likeness (QED) is 0.896. The van der Waals surface area contributed by atoms with Gasteiger partial charge in [-0.1, -0.05) is 26.2 Å². The Morgan fingerprint density at radius 2 is 2.21 bits per heavy atom. The van der Waals surface area contributed by atoms with Crippen molar-refractivity contribution in [3.63, 3.8) is 0 Å². The molecular formula is C14H22ClN3O. The maximum atomic E-state index is 12.0. The Morgan fingerprint density at radius 1 is 1.47 bits per heavy atom. The Kier molecular flexibility index (Phi) is 6.09. The maximum Gasteiger partial charge on any atom is 0.254 e. The van der Waals surface area contributed by atoms with E-state index in [0.29, 0.717) is 23.1 Å². The van der Waals surface area contributed by atoms with Crippen LogP contribution in [0.15, 0.2) is 18.5 Å². The van der Waals surface area contributed by atoms with Crippen LogP contribution in [-0.4, -0.2) is 17.4 Å². The van der Waals surface area contributed by atoms with Crippen LogP contribution in [0.5, 0.6) is 0 Å². The lowest BCUT2D eigenvalue weighted by Crippen LogP contribution is -2.33. The molecule has 0 radical (unpaired) electrons. The number of nitrogens with one attached hydrogen (secondary N) is 1. The minimum Gasteiger partial charge on any atom is -0.398 e. The molecule has 2 unspecified atom stereocenters. The number of hydrogen-bond acceptors (Lipinski definition) is 3. The van der Waals surface area contributed by atoms with E-state index in [1.807, 2.05) is 0 Å². The molecule has 2 rings (SSSR count). The van der Waals surface area contributed by atoms with Crippen LogP contribution in [0.2, 0.25) is 0 Å². The minimum absolute atomic E-state index is 0. The molecule has 1 aromatic heterocycles. The molecule has 106 valence electrons. The summed E-state index contributed by atoms with van der Waals surface area (Å²) in [6.45, 7) is 3.02. The van der Waals surface area contributed by atoms with Crippen LogP contribution in [0.25, 0.3) is 0 Å². The number of rotatable bonds is 3. The predicted octanol–water partition coefficient (Wildman–Crippen LogP) is 2.64. The molecule has 19 heavy (non-hydrogen) atoms. The molecule has 1 heterocycles. The van der Waals surface area contributed by atoms with E-state index < -0.39 is 0 Å². The molecular weight excluding hydrogens is 262 g/mol. The lowest BCUT2D eigenvalue weighted by Gasteiger charge is -2.28. The fourth-order valence-corrected chi connectivity index (χ4v) is 2.61. The first kappa shape index (κ1) is 15.8. The molecule has 1 aliphatic rings. The van der Waals surface area contributed by atoms with E-state index in [1.54, 1.807) is 12.3 Å². The Balaban J connectivity index is 0.00000180. The normalized spacial score (nSPS) is 22.4. The van der Waals surface area contributed by atoms with Gasteiger partial charge in [0.2, 0.25) is 0 Å². The van der Waals surface area contributed by atoms with Crippen LogP contribution in [0.4, 0.5) is 5.69 Å². The van der Waals surface area contributed by atoms with Crippen LogP contribution in [0, 0.1) is 11.8 Å². The molecule has 1 saturated carbocycles. The smallest absolute Gasteiger partial charge is 0.254 e. The number of hydrogen-bond donors (Lipinski definition) is 2. The molecule has 5 heteroatoms. The number of nitrogens with two attached hydrogens (primary N) is 1. The summed E-state index contributed by atoms with van der Waals surface area (Å²) in [5.74, 6) is 1.18. The van der Waals surface area contributed by atoms with Crippen molar-refractivity contribution in [3.8, 4) is 0 Å². The van der Waals surface area contributed by atoms with Gasteiger partial charge in [-0.2, -0.15) is 0 Å². The minimum atomic E-state index is -0.113. The van der Waals surface area contributed by atoms with E-state index in [4.69, 9.17) is 5.73 Å². The summed E-state index contributed by atoms with van der Waals surface area (Å²) in [5.41, 5.74) is 6.72. The number of anilines is 1. The van der Waals surface area contributed by atoms with Crippen molar-refractivity contribution < 1.29 is 4.79 Å². The third-order valence-corrected chi connectivity index (χ3v) is 3.91. The predicted molar refractivity (Wildman–Crippen MR) is 79.4 cm³/mol. The molecule has 1 aromatic rings. The molecule has 4 nitrogen and oxygen atoms in total. The lowest BCUT2D eigenvalue weighted by atomic mass is 9.80. The van der Waals surface area contributed by atoms with Gasteiger partial charge in [-0.15, -0.1) is 12.4 Å². The number of carbonyl (C=O) groups excluding carboxylic acids is 1. The van der Waals surface area contributed by atoms with E-state index in [1.165, 1.54) is 31.9 Å². The van der Waals surface area contributed by atoms with Gasteiger partial charge >= 0.3 is 0 Å². The zero-order chi connectivity index (χ0) is 13.0. The summed E-state index contributed by atoms with van der Waals surface area (Å²) in [4.78, 5) is 15.9. The largest absolute Gasteiger partial charge is 0.398 e. The number of aromatic nitrogens is 1. The van der Waals surface area contributed by atoms with Crippen molar-refractivity contribution in [1.29, 1.82) is 0 Å². The Bertz CT molecular complexity index is 425. The van der Waals surface area contributed by atoms with Crippen molar-refractivity contribution in [2.45, 2.75) is 32.6 Å². The first-order chi connectivity index (χ1) is 8.68. The van der Waals surface area contributed by atoms with Crippen molar-refractivity contribution in [3.05, 3.63) is 24.0 Å². The lowest BCUT2D eigenvalue weighted by molar-refractivity contribution is 0.0937. The number of nitrogens with zero attached hydrogens (tertiary/aromatic N) is 1. The Labute approximate surface area is 120 Å². The first-order valence-electron chi connectivity index (χ1n) is 6.66. The summed E-state index contributed by atoms with van der Waals surface area (Å²) in [5, 5.41) is 2.98. The molecule has 0 spiro atoms. The van der Waals surface area contributed by atoms with E-state index in [0.717, 1.165) is 6.54 Å². The van der Waals surface area contributed by atoms with E-state index in [9.17, 15) is 4.79 Å². The fraction of sp³-hybridized carbons (Fsp3) is 0.571. The second-order valence-electron chi connectivity index (χ2n) is 5.19. The number of nitrogen functional groups attached to an aromatic ring is 1. The van der Waals surface area contributed by atoms with Gasteiger partial charge in [-0.25, -0.2) is 0 Å². The summed E-state index contributed by atoms with van der Waals surface area (Å²) in [6.07, 6.45) is 8.20. The summed E-state index contributed by atoms with van der Waals surface area (Å²) in [7, 11) is 0. The third-order valence-electron chi connectivity index (χ3n) is 3.91. The van der Waals surface area contributed by atoms with Crippen LogP contribution in [0.3, 0.4) is 0 Å². The highest BCUT2D eigenvalue weighted by Crippen LogP contribution is 2.28. The molecule has 0 aliphatic heterocycles. The van der Waals surface area contributed by atoms with Gasteiger partial charge < -0.3 is 11.1 Å². The molecule has 1 fully saturated rings. The molecule has 1 aliphatic carbocycles. The van der Waals surface area contributed by atoms with Crippen LogP contribution >= 0.6 is 12.4 Å². The molecule has 3 N–H and O–H groups in total. The maximum absolute atomic E-state index is 12.0. The van der Waals surface area contributed by atoms with Crippen LogP contribution in [0.1, 0.15) is 43.0 Å². The van der Waals surface area contributed by atoms with Gasteiger partial charge in [0.1, 0.15) is 0 Å². The van der Waals surface area contributed by atoms with Gasteiger partial charge in [0.25, 0.3) is 5.91 Å². The van der Waals surface area contributed by atoms with E-state index in [-0.39, 0.29) is 18.3 Å². The first-order valence-corrected chi connectivity index (χ1v) is 6.66. The standard InChI is InChI=1S/C14H21N3O.ClH/c1-10-4-2-3-5-11(10)8-17-14(18)12-9-16-7-6-13(12)15;/h6-7,9-11H,2-5,8H2,1H3,(H2,15,16)(H,17,18);1H. The molecule has 1 amide bonds. The second-order valence-corrected chi connectivity index (χ2v) is 5.19. The summed E-state index contributed by atoms with van der Waals surface area (Å²) in [6, 6.07) is 1.65. The van der Waals surface area contributed by atoms with Crippen LogP contribution < -0.4 is 11.1 Å². The van der Waals surface area contributed by atoms with Crippen molar-refractivity contribution >= 4 is 24.0 Å². The monoisotopic (exact) mass is 283 g/mol. The highest BCUT2D eigenvalue weighted by Gasteiger charge is 2.22. The van der Waals surface area contributed by atoms with Gasteiger partial charge in [0, 0.05) is 24.6 Å². The van der Waals surface area contributed by atoms with Crippen molar-refractivity contribution in [2.75, 3.05) is 12.3 Å². The molecule has 0 saturated heterocycles. The summed E-state index contributed by atoms with van der Waals surface area (Å²) < 4.78 is 0. The highest BCUT2D eigenvalue weighted by molar-refractivity contribution is 5.98. The van der Waals surface area contributed by atoms with Crippen molar-refractivity contribution in [1.82, 2.24) is 10.3 Å². The molecule has 0 bridgehead atoms. The van der Waals surface area contributed by atoms with Crippen LogP contribution in [-0.2, 0) is 0 Å². The second kappa shape index (κ2) is 7.34. The number of pyridine rings is 1. The fourth-order valence-electron chi connectivity index (χ4n) is 2.61. The number of carbonyl (C=O) groups is 1. The highest BCUT2D eigenvalue weighted by atomic mass is 35.5. The van der Waals surface area contributed by atoms with Gasteiger partial charge in [0.05, 0.1) is 5.56 Å². The van der Waals surface area contributed by atoms with Gasteiger partial charge in [-0.05, 0) is 24.3 Å². The number of halogens is 1. The van der Waals surface area contributed by atoms with Crippen molar-refractivity contribution in [2.24, 2.45) is 11.8 Å². The average molecular weight is 284 g/mol. The topological polar surface area (TPSA) is 68.0 Å². The van der Waals surface area contributed by atoms with Gasteiger partial charge in [-0.3, -0.25) is 9.78 Å². The Morgan fingerprint density at radius 3 is 2.89 bits per heavy atom. The zero-order valence-corrected chi connectivity index (χ0v) is 12.1. The summed E-state index contributed by atoms with van der Waals surface area (Å²) >= 11 is 0. The SMILES string of the molecule is CC1CCCCC1CNC(=O)c1cnccc1N.Cl. The Hall–Kier alpha value is -1.29. The van der Waals surface area contributed by atoms with E-state index in [2.05, 4.69) is 17.2 Å². The number of amides is 1. The van der Waals surface area contributed by atoms with Gasteiger partial charge in [0.15, 0.2) is 0 Å². The zero-order valence-electron chi connectivity index (χ0n) is 11.3. The molecule has 2 atom stereocenters. The molecule has 0 aromatic carbocycles. The van der Waals surface area contributed by atoms with E-state index >= 15 is 0 Å². The average Bonchev–Trinajstić information content (AvgIpc) is 2.38.